The molecule has 0 spiro atoms. The van der Waals surface area contributed by atoms with Gasteiger partial charge in [0.25, 0.3) is 0 Å². The van der Waals surface area contributed by atoms with Gasteiger partial charge in [0.1, 0.15) is 0 Å². The molecule has 80 valence electrons. The Hall–Kier alpha value is -0.120. The maximum Gasteiger partial charge on any atom is 0.0975 e. The Morgan fingerprint density at radius 1 is 1.15 bits per heavy atom. The number of hydrogen-bond acceptors (Lipinski definition) is 3. The zero-order valence-electron chi connectivity index (χ0n) is 9.41. The van der Waals surface area contributed by atoms with E-state index in [9.17, 15) is 5.11 Å². The van der Waals surface area contributed by atoms with E-state index in [4.69, 9.17) is 5.11 Å². The monoisotopic (exact) mass is 189 g/mol. The van der Waals surface area contributed by atoms with Gasteiger partial charge in [0.2, 0.25) is 0 Å². The van der Waals surface area contributed by atoms with Crippen molar-refractivity contribution in [2.24, 2.45) is 0 Å². The first-order chi connectivity index (χ1) is 5.80. The zero-order chi connectivity index (χ0) is 10.6. The number of nitrogens with zero attached hydrogens (tertiary/aromatic N) is 1. The second-order valence-electron chi connectivity index (χ2n) is 4.51. The van der Waals surface area contributed by atoms with Crippen molar-refractivity contribution in [2.75, 3.05) is 13.2 Å². The molecule has 13 heavy (non-hydrogen) atoms. The molecule has 0 radical (unpaired) electrons. The molecule has 1 atom stereocenters. The molecule has 0 aromatic heterocycles. The van der Waals surface area contributed by atoms with Crippen molar-refractivity contribution in [3.05, 3.63) is 0 Å². The molecule has 0 aromatic rings. The van der Waals surface area contributed by atoms with Crippen molar-refractivity contribution in [1.29, 1.82) is 0 Å². The third-order valence-corrected chi connectivity index (χ3v) is 2.19. The van der Waals surface area contributed by atoms with Gasteiger partial charge < -0.3 is 10.2 Å². The average Bonchev–Trinajstić information content (AvgIpc) is 1.99. The SMILES string of the molecule is CC(C)N(CC(C)(O)CO)C(C)C. The summed E-state index contributed by atoms with van der Waals surface area (Å²) in [5.74, 6) is 0. The van der Waals surface area contributed by atoms with Gasteiger partial charge in [0, 0.05) is 18.6 Å². The summed E-state index contributed by atoms with van der Waals surface area (Å²) < 4.78 is 0. The standard InChI is InChI=1S/C10H23NO2/c1-8(2)11(9(3)4)6-10(5,13)7-12/h8-9,12-13H,6-7H2,1-5H3. The second-order valence-corrected chi connectivity index (χ2v) is 4.51. The number of aliphatic hydroxyl groups is 2. The maximum absolute atomic E-state index is 9.70. The molecule has 2 N–H and O–H groups in total. The molecule has 1 unspecified atom stereocenters. The third-order valence-electron chi connectivity index (χ3n) is 2.19. The number of aliphatic hydroxyl groups excluding tert-OH is 1. The van der Waals surface area contributed by atoms with Gasteiger partial charge in [-0.05, 0) is 34.6 Å². The molecule has 0 aliphatic carbocycles. The Bertz CT molecular complexity index is 136. The van der Waals surface area contributed by atoms with Crippen LogP contribution in [-0.2, 0) is 0 Å². The lowest BCUT2D eigenvalue weighted by Gasteiger charge is -2.36. The van der Waals surface area contributed by atoms with Crippen LogP contribution >= 0.6 is 0 Å². The Labute approximate surface area is 81.4 Å². The highest BCUT2D eigenvalue weighted by Gasteiger charge is 2.25. The van der Waals surface area contributed by atoms with E-state index in [1.165, 1.54) is 0 Å². The van der Waals surface area contributed by atoms with Crippen LogP contribution in [-0.4, -0.2) is 45.9 Å². The van der Waals surface area contributed by atoms with E-state index in [1.54, 1.807) is 6.92 Å². The largest absolute Gasteiger partial charge is 0.393 e. The molecule has 0 rings (SSSR count). The quantitative estimate of drug-likeness (QED) is 0.674. The molecule has 0 saturated carbocycles. The fraction of sp³-hybridized carbons (Fsp3) is 1.00. The van der Waals surface area contributed by atoms with Gasteiger partial charge in [-0.15, -0.1) is 0 Å². The predicted molar refractivity (Wildman–Crippen MR) is 54.7 cm³/mol. The van der Waals surface area contributed by atoms with Crippen LogP contribution < -0.4 is 0 Å². The Kier molecular flexibility index (Phi) is 4.89. The first-order valence-electron chi connectivity index (χ1n) is 4.89. The van der Waals surface area contributed by atoms with Crippen LogP contribution in [0.15, 0.2) is 0 Å². The summed E-state index contributed by atoms with van der Waals surface area (Å²) in [6.07, 6.45) is 0. The Balaban J connectivity index is 4.26. The van der Waals surface area contributed by atoms with Gasteiger partial charge in [0.05, 0.1) is 12.2 Å². The van der Waals surface area contributed by atoms with Gasteiger partial charge in [-0.1, -0.05) is 0 Å². The molecule has 3 heteroatoms. The van der Waals surface area contributed by atoms with Crippen LogP contribution in [0.1, 0.15) is 34.6 Å². The smallest absolute Gasteiger partial charge is 0.0975 e. The van der Waals surface area contributed by atoms with Gasteiger partial charge in [-0.3, -0.25) is 4.90 Å². The lowest BCUT2D eigenvalue weighted by molar-refractivity contribution is -0.0389. The second kappa shape index (κ2) is 4.94. The molecule has 0 bridgehead atoms. The summed E-state index contributed by atoms with van der Waals surface area (Å²) in [6.45, 7) is 10.3. The minimum Gasteiger partial charge on any atom is -0.393 e. The molecule has 3 nitrogen and oxygen atoms in total. The lowest BCUT2D eigenvalue weighted by Crippen LogP contribution is -2.49. The summed E-state index contributed by atoms with van der Waals surface area (Å²) in [4.78, 5) is 2.16. The molecule has 0 aliphatic heterocycles. The van der Waals surface area contributed by atoms with E-state index >= 15 is 0 Å². The molecule has 0 amide bonds. The van der Waals surface area contributed by atoms with Gasteiger partial charge in [-0.2, -0.15) is 0 Å². The number of hydrogen-bond donors (Lipinski definition) is 2. The molecular formula is C10H23NO2. The Morgan fingerprint density at radius 2 is 1.54 bits per heavy atom. The first-order valence-corrected chi connectivity index (χ1v) is 4.89. The lowest BCUT2D eigenvalue weighted by atomic mass is 10.1. The van der Waals surface area contributed by atoms with Crippen LogP contribution in [0.25, 0.3) is 0 Å². The zero-order valence-corrected chi connectivity index (χ0v) is 9.41. The minimum atomic E-state index is -0.992. The summed E-state index contributed by atoms with van der Waals surface area (Å²) in [7, 11) is 0. The van der Waals surface area contributed by atoms with E-state index in [0.29, 0.717) is 18.6 Å². The molecular weight excluding hydrogens is 166 g/mol. The fourth-order valence-electron chi connectivity index (χ4n) is 1.40. The molecule has 0 saturated heterocycles. The van der Waals surface area contributed by atoms with Crippen molar-refractivity contribution in [1.82, 2.24) is 4.90 Å². The van der Waals surface area contributed by atoms with Crippen LogP contribution in [0.3, 0.4) is 0 Å². The minimum absolute atomic E-state index is 0.192. The van der Waals surface area contributed by atoms with Crippen molar-refractivity contribution in [3.8, 4) is 0 Å². The first kappa shape index (κ1) is 12.9. The average molecular weight is 189 g/mol. The summed E-state index contributed by atoms with van der Waals surface area (Å²) in [5.41, 5.74) is -0.992. The van der Waals surface area contributed by atoms with E-state index in [-0.39, 0.29) is 6.61 Å². The van der Waals surface area contributed by atoms with Crippen molar-refractivity contribution < 1.29 is 10.2 Å². The highest BCUT2D eigenvalue weighted by Crippen LogP contribution is 2.11. The molecule has 0 heterocycles. The maximum atomic E-state index is 9.70. The summed E-state index contributed by atoms with van der Waals surface area (Å²) >= 11 is 0. The van der Waals surface area contributed by atoms with E-state index in [0.717, 1.165) is 0 Å². The van der Waals surface area contributed by atoms with Gasteiger partial charge in [0.15, 0.2) is 0 Å². The highest BCUT2D eigenvalue weighted by molar-refractivity contribution is 4.79. The summed E-state index contributed by atoms with van der Waals surface area (Å²) in [6, 6.07) is 0.774. The number of rotatable bonds is 5. The predicted octanol–water partition coefficient (Wildman–Crippen LogP) is 0.848. The van der Waals surface area contributed by atoms with Crippen molar-refractivity contribution in [2.45, 2.75) is 52.3 Å². The molecule has 0 aromatic carbocycles. The van der Waals surface area contributed by atoms with Crippen LogP contribution in [0.5, 0.6) is 0 Å². The van der Waals surface area contributed by atoms with E-state index in [2.05, 4.69) is 32.6 Å². The summed E-state index contributed by atoms with van der Waals surface area (Å²) in [5, 5.41) is 18.6. The normalized spacial score (nSPS) is 17.1. The Morgan fingerprint density at radius 3 is 1.77 bits per heavy atom. The van der Waals surface area contributed by atoms with E-state index in [1.807, 2.05) is 0 Å². The molecule has 0 fully saturated rings. The van der Waals surface area contributed by atoms with Crippen molar-refractivity contribution in [3.63, 3.8) is 0 Å². The highest BCUT2D eigenvalue weighted by atomic mass is 16.3. The van der Waals surface area contributed by atoms with Gasteiger partial charge >= 0.3 is 0 Å². The fourth-order valence-corrected chi connectivity index (χ4v) is 1.40. The molecule has 0 aliphatic rings. The van der Waals surface area contributed by atoms with Crippen LogP contribution in [0.4, 0.5) is 0 Å². The van der Waals surface area contributed by atoms with Crippen LogP contribution in [0.2, 0.25) is 0 Å². The van der Waals surface area contributed by atoms with Gasteiger partial charge in [-0.25, -0.2) is 0 Å². The van der Waals surface area contributed by atoms with Crippen LogP contribution in [0, 0.1) is 0 Å². The van der Waals surface area contributed by atoms with E-state index < -0.39 is 5.60 Å². The van der Waals surface area contributed by atoms with Crippen molar-refractivity contribution >= 4 is 0 Å². The topological polar surface area (TPSA) is 43.7 Å². The third kappa shape index (κ3) is 4.60.